The number of hydrogen-bond acceptors (Lipinski definition) is 2. The Labute approximate surface area is 131 Å². The van der Waals surface area contributed by atoms with Crippen LogP contribution >= 0.6 is 11.6 Å². The predicted octanol–water partition coefficient (Wildman–Crippen LogP) is 4.96. The number of anilines is 1. The van der Waals surface area contributed by atoms with Crippen LogP contribution in [0.4, 0.5) is 5.69 Å². The lowest BCUT2D eigenvalue weighted by atomic mass is 9.96. The Kier molecular flexibility index (Phi) is 4.49. The van der Waals surface area contributed by atoms with Crippen molar-refractivity contribution in [3.63, 3.8) is 0 Å². The SMILES string of the molecule is Cc1ccc(NCc2ccn(C3CCCCC3)n2)cc1Cl. The second-order valence-electron chi connectivity index (χ2n) is 5.90. The molecule has 0 amide bonds. The van der Waals surface area contributed by atoms with E-state index in [2.05, 4.69) is 28.3 Å². The van der Waals surface area contributed by atoms with Gasteiger partial charge < -0.3 is 5.32 Å². The smallest absolute Gasteiger partial charge is 0.0815 e. The maximum absolute atomic E-state index is 6.14. The Bertz CT molecular complexity index is 600. The molecule has 1 aliphatic rings. The van der Waals surface area contributed by atoms with E-state index in [-0.39, 0.29) is 0 Å². The van der Waals surface area contributed by atoms with Gasteiger partial charge in [-0.15, -0.1) is 0 Å². The molecule has 1 aliphatic carbocycles. The molecule has 1 N–H and O–H groups in total. The second-order valence-corrected chi connectivity index (χ2v) is 6.30. The van der Waals surface area contributed by atoms with Gasteiger partial charge in [-0.05, 0) is 43.5 Å². The van der Waals surface area contributed by atoms with Gasteiger partial charge in [0.1, 0.15) is 0 Å². The summed E-state index contributed by atoms with van der Waals surface area (Å²) in [4.78, 5) is 0. The third-order valence-corrected chi connectivity index (χ3v) is 4.67. The van der Waals surface area contributed by atoms with E-state index in [1.54, 1.807) is 0 Å². The van der Waals surface area contributed by atoms with Crippen LogP contribution in [-0.4, -0.2) is 9.78 Å². The Balaban J connectivity index is 1.60. The van der Waals surface area contributed by atoms with Gasteiger partial charge in [0, 0.05) is 16.9 Å². The van der Waals surface area contributed by atoms with Crippen LogP contribution in [0.25, 0.3) is 0 Å². The number of rotatable bonds is 4. The first-order chi connectivity index (χ1) is 10.2. The molecule has 1 aromatic heterocycles. The van der Waals surface area contributed by atoms with Crippen molar-refractivity contribution in [3.8, 4) is 0 Å². The molecule has 0 atom stereocenters. The van der Waals surface area contributed by atoms with Crippen molar-refractivity contribution in [2.45, 2.75) is 51.6 Å². The fourth-order valence-electron chi connectivity index (χ4n) is 2.92. The van der Waals surface area contributed by atoms with Gasteiger partial charge in [-0.2, -0.15) is 5.10 Å². The van der Waals surface area contributed by atoms with Gasteiger partial charge in [-0.1, -0.05) is 36.9 Å². The summed E-state index contributed by atoms with van der Waals surface area (Å²) in [5, 5.41) is 8.89. The number of nitrogens with one attached hydrogen (secondary N) is 1. The van der Waals surface area contributed by atoms with E-state index in [1.165, 1.54) is 32.1 Å². The van der Waals surface area contributed by atoms with Gasteiger partial charge in [-0.25, -0.2) is 0 Å². The molecular weight excluding hydrogens is 282 g/mol. The molecule has 3 nitrogen and oxygen atoms in total. The van der Waals surface area contributed by atoms with Gasteiger partial charge in [-0.3, -0.25) is 4.68 Å². The van der Waals surface area contributed by atoms with Crippen molar-refractivity contribution in [2.24, 2.45) is 0 Å². The van der Waals surface area contributed by atoms with Crippen LogP contribution in [0.1, 0.15) is 49.4 Å². The van der Waals surface area contributed by atoms with Crippen LogP contribution in [0, 0.1) is 6.92 Å². The maximum atomic E-state index is 6.14. The second kappa shape index (κ2) is 6.52. The van der Waals surface area contributed by atoms with Crippen molar-refractivity contribution >= 4 is 17.3 Å². The topological polar surface area (TPSA) is 29.9 Å². The van der Waals surface area contributed by atoms with E-state index >= 15 is 0 Å². The number of nitrogens with zero attached hydrogens (tertiary/aromatic N) is 2. The van der Waals surface area contributed by atoms with Crippen LogP contribution in [0.15, 0.2) is 30.5 Å². The first kappa shape index (κ1) is 14.5. The molecule has 1 heterocycles. The van der Waals surface area contributed by atoms with Gasteiger partial charge in [0.15, 0.2) is 0 Å². The minimum absolute atomic E-state index is 0.598. The lowest BCUT2D eigenvalue weighted by molar-refractivity contribution is 0.328. The summed E-state index contributed by atoms with van der Waals surface area (Å²) in [7, 11) is 0. The third-order valence-electron chi connectivity index (χ3n) is 4.26. The Morgan fingerprint density at radius 1 is 1.24 bits per heavy atom. The summed E-state index contributed by atoms with van der Waals surface area (Å²) in [6.45, 7) is 2.75. The zero-order valence-electron chi connectivity index (χ0n) is 12.5. The van der Waals surface area contributed by atoms with E-state index in [1.807, 2.05) is 19.1 Å². The van der Waals surface area contributed by atoms with E-state index < -0.39 is 0 Å². The third kappa shape index (κ3) is 3.59. The first-order valence-corrected chi connectivity index (χ1v) is 8.14. The molecule has 2 aromatic rings. The van der Waals surface area contributed by atoms with Crippen molar-refractivity contribution < 1.29 is 0 Å². The van der Waals surface area contributed by atoms with Crippen molar-refractivity contribution in [2.75, 3.05) is 5.32 Å². The summed E-state index contributed by atoms with van der Waals surface area (Å²) in [6.07, 6.45) is 8.69. The summed E-state index contributed by atoms with van der Waals surface area (Å²) >= 11 is 6.14. The molecule has 4 heteroatoms. The molecular formula is C17H22ClN3. The summed E-state index contributed by atoms with van der Waals surface area (Å²) < 4.78 is 2.15. The lowest BCUT2D eigenvalue weighted by Crippen LogP contribution is -2.13. The maximum Gasteiger partial charge on any atom is 0.0815 e. The molecule has 0 saturated heterocycles. The molecule has 3 rings (SSSR count). The monoisotopic (exact) mass is 303 g/mol. The zero-order valence-corrected chi connectivity index (χ0v) is 13.2. The minimum atomic E-state index is 0.598. The molecule has 0 aliphatic heterocycles. The average Bonchev–Trinajstić information content (AvgIpc) is 2.98. The normalized spacial score (nSPS) is 16.1. The fraction of sp³-hybridized carbons (Fsp3) is 0.471. The molecule has 0 bridgehead atoms. The Morgan fingerprint density at radius 2 is 2.05 bits per heavy atom. The highest BCUT2D eigenvalue weighted by Crippen LogP contribution is 2.27. The molecule has 1 fully saturated rings. The first-order valence-electron chi connectivity index (χ1n) is 7.76. The van der Waals surface area contributed by atoms with Crippen molar-refractivity contribution in [3.05, 3.63) is 46.7 Å². The van der Waals surface area contributed by atoms with Crippen LogP contribution in [0.2, 0.25) is 5.02 Å². The van der Waals surface area contributed by atoms with Crippen molar-refractivity contribution in [1.82, 2.24) is 9.78 Å². The number of hydrogen-bond donors (Lipinski definition) is 1. The van der Waals surface area contributed by atoms with Gasteiger partial charge >= 0.3 is 0 Å². The molecule has 112 valence electrons. The van der Waals surface area contributed by atoms with E-state index in [0.717, 1.165) is 28.5 Å². The summed E-state index contributed by atoms with van der Waals surface area (Å²) in [6, 6.07) is 8.76. The highest BCUT2D eigenvalue weighted by Gasteiger charge is 2.15. The Morgan fingerprint density at radius 3 is 2.81 bits per heavy atom. The molecule has 0 spiro atoms. The highest BCUT2D eigenvalue weighted by molar-refractivity contribution is 6.31. The molecule has 1 aromatic carbocycles. The fourth-order valence-corrected chi connectivity index (χ4v) is 3.10. The van der Waals surface area contributed by atoms with Gasteiger partial charge in [0.25, 0.3) is 0 Å². The standard InChI is InChI=1S/C17H22ClN3/c1-13-7-8-14(11-17(13)18)19-12-15-9-10-21(20-15)16-5-3-2-4-6-16/h7-11,16,19H,2-6,12H2,1H3. The molecule has 1 saturated carbocycles. The lowest BCUT2D eigenvalue weighted by Gasteiger charge is -2.21. The average molecular weight is 304 g/mol. The number of aryl methyl sites for hydroxylation is 1. The zero-order chi connectivity index (χ0) is 14.7. The quantitative estimate of drug-likeness (QED) is 0.865. The molecule has 0 unspecified atom stereocenters. The van der Waals surface area contributed by atoms with E-state index in [4.69, 9.17) is 16.7 Å². The number of aromatic nitrogens is 2. The van der Waals surface area contributed by atoms with Crippen LogP contribution in [-0.2, 0) is 6.54 Å². The predicted molar refractivity (Wildman–Crippen MR) is 87.9 cm³/mol. The van der Waals surface area contributed by atoms with E-state index in [9.17, 15) is 0 Å². The van der Waals surface area contributed by atoms with Gasteiger partial charge in [0.2, 0.25) is 0 Å². The van der Waals surface area contributed by atoms with Crippen LogP contribution in [0.5, 0.6) is 0 Å². The van der Waals surface area contributed by atoms with Crippen LogP contribution < -0.4 is 5.32 Å². The van der Waals surface area contributed by atoms with E-state index in [0.29, 0.717) is 6.04 Å². The van der Waals surface area contributed by atoms with Crippen LogP contribution in [0.3, 0.4) is 0 Å². The van der Waals surface area contributed by atoms with Gasteiger partial charge in [0.05, 0.1) is 18.3 Å². The number of halogens is 1. The Hall–Kier alpha value is -1.48. The number of benzene rings is 1. The minimum Gasteiger partial charge on any atom is -0.379 e. The summed E-state index contributed by atoms with van der Waals surface area (Å²) in [5.41, 5.74) is 3.22. The summed E-state index contributed by atoms with van der Waals surface area (Å²) in [5.74, 6) is 0. The largest absolute Gasteiger partial charge is 0.379 e. The highest BCUT2D eigenvalue weighted by atomic mass is 35.5. The molecule has 0 radical (unpaired) electrons. The molecule has 21 heavy (non-hydrogen) atoms. The van der Waals surface area contributed by atoms with Crippen molar-refractivity contribution in [1.29, 1.82) is 0 Å².